The fourth-order valence-corrected chi connectivity index (χ4v) is 10.9. The summed E-state index contributed by atoms with van der Waals surface area (Å²) in [5.74, 6) is 1.62. The van der Waals surface area contributed by atoms with Crippen molar-refractivity contribution >= 4 is 29.1 Å². The zero-order chi connectivity index (χ0) is 41.9. The van der Waals surface area contributed by atoms with Crippen LogP contribution in [-0.2, 0) is 22.6 Å². The van der Waals surface area contributed by atoms with Crippen molar-refractivity contribution in [1.82, 2.24) is 20.6 Å². The van der Waals surface area contributed by atoms with E-state index in [4.69, 9.17) is 21.2 Å². The van der Waals surface area contributed by atoms with E-state index in [2.05, 4.69) is 31.4 Å². The molecule has 2 amide bonds. The van der Waals surface area contributed by atoms with Crippen LogP contribution in [0.3, 0.4) is 0 Å². The molecule has 3 aromatic rings. The van der Waals surface area contributed by atoms with E-state index in [1.807, 2.05) is 98.7 Å². The standard InChI is InChI=1S/C46H62ClN5O6/c1-27-36-21-32(44(36,2)3)22-38(27)49-43(55)41-46(26-45(46,4)56)39(25-53)58-52(41)23-29-14-12-15-35(40(29)57-9)30-17-31(20-34(19-30)51(7)8)42(54)48-33(24-50(5)6)18-28-13-10-11-16-37(28)47/h10-17,19-20,27,32-33,36,38-39,41,53,56H,18,21-26H2,1-9H3,(H,48,54)(H,49,55)/t27-,32+,33?,36-,38-,39-,41+,45?,46+/m0/s1. The highest BCUT2D eigenvalue weighted by molar-refractivity contribution is 6.31. The van der Waals surface area contributed by atoms with Gasteiger partial charge >= 0.3 is 0 Å². The minimum absolute atomic E-state index is 0.0302. The highest BCUT2D eigenvalue weighted by Crippen LogP contribution is 2.66. The smallest absolute Gasteiger partial charge is 0.251 e. The summed E-state index contributed by atoms with van der Waals surface area (Å²) < 4.78 is 6.14. The first-order chi connectivity index (χ1) is 27.4. The molecule has 4 saturated carbocycles. The predicted molar refractivity (Wildman–Crippen MR) is 228 cm³/mol. The lowest BCUT2D eigenvalue weighted by atomic mass is 9.45. The molecule has 8 rings (SSSR count). The third-order valence-electron chi connectivity index (χ3n) is 14.2. The summed E-state index contributed by atoms with van der Waals surface area (Å²) in [4.78, 5) is 39.1. The number of hydroxylamine groups is 2. The number of carbonyl (C=O) groups is 2. The number of methoxy groups -OCH3 is 1. The number of fused-ring (bicyclic) bond motifs is 2. The highest BCUT2D eigenvalue weighted by Gasteiger charge is 2.78. The molecule has 0 aromatic heterocycles. The van der Waals surface area contributed by atoms with Gasteiger partial charge in [0.15, 0.2) is 0 Å². The number of hydrogen-bond acceptors (Lipinski definition) is 9. The summed E-state index contributed by atoms with van der Waals surface area (Å²) in [7, 11) is 9.45. The highest BCUT2D eigenvalue weighted by atomic mass is 35.5. The van der Waals surface area contributed by atoms with Crippen LogP contribution in [0, 0.1) is 28.6 Å². The molecule has 4 N–H and O–H groups in total. The Bertz CT molecular complexity index is 2020. The lowest BCUT2D eigenvalue weighted by Gasteiger charge is -2.62. The summed E-state index contributed by atoms with van der Waals surface area (Å²) in [5, 5.41) is 31.1. The van der Waals surface area contributed by atoms with Gasteiger partial charge < -0.3 is 35.4 Å². The summed E-state index contributed by atoms with van der Waals surface area (Å²) in [6.07, 6.45) is 2.28. The number of hydrogen-bond donors (Lipinski definition) is 4. The van der Waals surface area contributed by atoms with Gasteiger partial charge in [-0.3, -0.25) is 14.4 Å². The lowest BCUT2D eigenvalue weighted by molar-refractivity contribution is -0.183. The second kappa shape index (κ2) is 16.0. The first kappa shape index (κ1) is 42.4. The molecule has 5 fully saturated rings. The van der Waals surface area contributed by atoms with E-state index >= 15 is 0 Å². The summed E-state index contributed by atoms with van der Waals surface area (Å²) >= 11 is 6.53. The molecule has 3 aromatic carbocycles. The van der Waals surface area contributed by atoms with Crippen LogP contribution in [0.4, 0.5) is 5.69 Å². The van der Waals surface area contributed by atoms with Crippen LogP contribution < -0.4 is 20.3 Å². The number of likely N-dealkylation sites (N-methyl/N-ethyl adjacent to an activating group) is 1. The third kappa shape index (κ3) is 7.63. The van der Waals surface area contributed by atoms with E-state index in [-0.39, 0.29) is 42.5 Å². The number of ether oxygens (including phenoxy) is 1. The van der Waals surface area contributed by atoms with Crippen LogP contribution in [-0.4, -0.2) is 110 Å². The van der Waals surface area contributed by atoms with Crippen LogP contribution in [0.25, 0.3) is 11.1 Å². The van der Waals surface area contributed by atoms with Crippen molar-refractivity contribution in [3.05, 3.63) is 82.4 Å². The third-order valence-corrected chi connectivity index (χ3v) is 14.6. The first-order valence-electron chi connectivity index (χ1n) is 20.7. The molecular weight excluding hydrogens is 754 g/mol. The molecule has 2 unspecified atom stereocenters. The number of halogens is 1. The van der Waals surface area contributed by atoms with Gasteiger partial charge in [0.25, 0.3) is 5.91 Å². The second-order valence-corrected chi connectivity index (χ2v) is 19.1. The molecule has 11 nitrogen and oxygen atoms in total. The number of anilines is 1. The van der Waals surface area contributed by atoms with Gasteiger partial charge in [-0.15, -0.1) is 0 Å². The van der Waals surface area contributed by atoms with Crippen LogP contribution in [0.5, 0.6) is 5.75 Å². The predicted octanol–water partition coefficient (Wildman–Crippen LogP) is 5.79. The van der Waals surface area contributed by atoms with Gasteiger partial charge in [-0.1, -0.05) is 68.8 Å². The van der Waals surface area contributed by atoms with Gasteiger partial charge in [0.1, 0.15) is 17.9 Å². The fourth-order valence-electron chi connectivity index (χ4n) is 10.7. The summed E-state index contributed by atoms with van der Waals surface area (Å²) in [6.45, 7) is 9.12. The number of amides is 2. The maximum absolute atomic E-state index is 14.5. The molecule has 0 radical (unpaired) electrons. The number of nitrogens with one attached hydrogen (secondary N) is 2. The summed E-state index contributed by atoms with van der Waals surface area (Å²) in [5.41, 5.74) is 2.73. The van der Waals surface area contributed by atoms with Crippen molar-refractivity contribution in [3.8, 4) is 16.9 Å². The van der Waals surface area contributed by atoms with E-state index in [1.54, 1.807) is 19.1 Å². The van der Waals surface area contributed by atoms with Crippen LogP contribution in [0.2, 0.25) is 5.02 Å². The average molecular weight is 816 g/mol. The number of carbonyl (C=O) groups excluding carboxylic acids is 2. The Balaban J connectivity index is 1.18. The van der Waals surface area contributed by atoms with Crippen molar-refractivity contribution in [2.75, 3.05) is 53.4 Å². The van der Waals surface area contributed by atoms with E-state index in [9.17, 15) is 19.8 Å². The number of rotatable bonds is 14. The Hall–Kier alpha value is -3.71. The molecule has 5 aliphatic rings. The van der Waals surface area contributed by atoms with Crippen molar-refractivity contribution in [3.63, 3.8) is 0 Å². The maximum atomic E-state index is 14.5. The minimum atomic E-state index is -1.19. The average Bonchev–Trinajstić information content (AvgIpc) is 3.60. The molecule has 1 heterocycles. The molecule has 9 atom stereocenters. The van der Waals surface area contributed by atoms with E-state index in [1.165, 1.54) is 6.42 Å². The molecule has 2 bridgehead atoms. The van der Waals surface area contributed by atoms with Crippen LogP contribution in [0.1, 0.15) is 68.4 Å². The largest absolute Gasteiger partial charge is 0.496 e. The molecule has 12 heteroatoms. The normalized spacial score (nSPS) is 30.2. The van der Waals surface area contributed by atoms with Gasteiger partial charge in [0, 0.05) is 60.1 Å². The van der Waals surface area contributed by atoms with Gasteiger partial charge in [0.2, 0.25) is 5.91 Å². The van der Waals surface area contributed by atoms with E-state index in [0.717, 1.165) is 34.4 Å². The van der Waals surface area contributed by atoms with Gasteiger partial charge in [-0.25, -0.2) is 0 Å². The molecular formula is C46H62ClN5O6. The number of aliphatic hydroxyl groups excluding tert-OH is 1. The quantitative estimate of drug-likeness (QED) is 0.160. The zero-order valence-corrected chi connectivity index (χ0v) is 36.3. The van der Waals surface area contributed by atoms with E-state index in [0.29, 0.717) is 53.5 Å². The zero-order valence-electron chi connectivity index (χ0n) is 35.5. The Kier molecular flexibility index (Phi) is 11.7. The number of benzene rings is 3. The van der Waals surface area contributed by atoms with Crippen molar-refractivity contribution in [2.24, 2.45) is 28.6 Å². The Morgan fingerprint density at radius 2 is 1.74 bits per heavy atom. The van der Waals surface area contributed by atoms with Crippen molar-refractivity contribution < 1.29 is 29.4 Å². The number of para-hydroxylation sites is 1. The number of nitrogens with zero attached hydrogens (tertiary/aromatic N) is 3. The Morgan fingerprint density at radius 3 is 2.34 bits per heavy atom. The second-order valence-electron chi connectivity index (χ2n) is 18.7. The SMILES string of the molecule is COc1c(CN2O[C@@H](CO)[C@]3(CC3(C)O)[C@H]2C(=O)N[C@H]2C[C@H]3C[C@@H]([C@@H]2C)C3(C)C)cccc1-c1cc(C(=O)NC(Cc2ccccc2Cl)CN(C)C)cc(N(C)C)c1. The summed E-state index contributed by atoms with van der Waals surface area (Å²) in [6, 6.07) is 18.3. The molecule has 314 valence electrons. The Morgan fingerprint density at radius 1 is 1.03 bits per heavy atom. The number of aliphatic hydroxyl groups is 2. The molecule has 58 heavy (non-hydrogen) atoms. The van der Waals surface area contributed by atoms with Crippen molar-refractivity contribution in [1.29, 1.82) is 0 Å². The van der Waals surface area contributed by atoms with Gasteiger partial charge in [-0.05, 0) is 105 Å². The maximum Gasteiger partial charge on any atom is 0.251 e. The minimum Gasteiger partial charge on any atom is -0.496 e. The lowest BCUT2D eigenvalue weighted by Crippen LogP contribution is -2.62. The monoisotopic (exact) mass is 815 g/mol. The van der Waals surface area contributed by atoms with Crippen molar-refractivity contribution in [2.45, 2.75) is 89.8 Å². The molecule has 1 spiro atoms. The topological polar surface area (TPSA) is 127 Å². The van der Waals surface area contributed by atoms with E-state index < -0.39 is 23.2 Å². The Labute approximate surface area is 349 Å². The molecule has 1 aliphatic heterocycles. The first-order valence-corrected chi connectivity index (χ1v) is 21.0. The van der Waals surface area contributed by atoms with Gasteiger partial charge in [0.05, 0.1) is 31.3 Å². The van der Waals surface area contributed by atoms with Gasteiger partial charge in [-0.2, -0.15) is 5.06 Å². The molecule has 4 aliphatic carbocycles. The fraction of sp³-hybridized carbons (Fsp3) is 0.565. The van der Waals surface area contributed by atoms with Crippen LogP contribution >= 0.6 is 11.6 Å². The van der Waals surface area contributed by atoms with Crippen LogP contribution in [0.15, 0.2) is 60.7 Å². The molecule has 1 saturated heterocycles.